The van der Waals surface area contributed by atoms with E-state index in [1.165, 1.54) is 32.2 Å². The summed E-state index contributed by atoms with van der Waals surface area (Å²) in [7, 11) is 0. The summed E-state index contributed by atoms with van der Waals surface area (Å²) in [5, 5.41) is 3.85. The van der Waals surface area contributed by atoms with Crippen LogP contribution in [0.25, 0.3) is 0 Å². The van der Waals surface area contributed by atoms with Crippen molar-refractivity contribution in [3.8, 4) is 0 Å². The Kier molecular flexibility index (Phi) is 7.38. The Balaban J connectivity index is 2.37. The van der Waals surface area contributed by atoms with E-state index in [2.05, 4.69) is 51.8 Å². The van der Waals surface area contributed by atoms with Gasteiger partial charge in [-0.05, 0) is 52.4 Å². The van der Waals surface area contributed by atoms with Crippen molar-refractivity contribution in [3.05, 3.63) is 0 Å². The highest BCUT2D eigenvalue weighted by atomic mass is 15.2. The molecule has 2 unspecified atom stereocenters. The standard InChI is InChI=1S/C17H36N2/c1-13(2)16-9-7-8-10-17(16)18-11-12-19(14(3)4)15(5)6/h13-18H,7-12H2,1-6H3. The van der Waals surface area contributed by atoms with Crippen molar-refractivity contribution in [1.82, 2.24) is 10.2 Å². The summed E-state index contributed by atoms with van der Waals surface area (Å²) in [5.74, 6) is 1.71. The van der Waals surface area contributed by atoms with Crippen LogP contribution in [0.5, 0.6) is 0 Å². The molecule has 2 atom stereocenters. The number of rotatable bonds is 7. The van der Waals surface area contributed by atoms with E-state index < -0.39 is 0 Å². The molecule has 0 radical (unpaired) electrons. The van der Waals surface area contributed by atoms with Gasteiger partial charge in [-0.15, -0.1) is 0 Å². The van der Waals surface area contributed by atoms with Gasteiger partial charge in [0, 0.05) is 31.2 Å². The van der Waals surface area contributed by atoms with Crippen molar-refractivity contribution in [1.29, 1.82) is 0 Å². The van der Waals surface area contributed by atoms with Gasteiger partial charge in [0.25, 0.3) is 0 Å². The molecule has 0 aromatic rings. The molecule has 0 spiro atoms. The average Bonchev–Trinajstić information content (AvgIpc) is 2.33. The minimum absolute atomic E-state index is 0.647. The molecule has 0 bridgehead atoms. The molecular weight excluding hydrogens is 232 g/mol. The van der Waals surface area contributed by atoms with E-state index in [0.29, 0.717) is 12.1 Å². The van der Waals surface area contributed by atoms with E-state index in [9.17, 15) is 0 Å². The molecule has 0 saturated heterocycles. The molecule has 1 aliphatic rings. The first-order valence-electron chi connectivity index (χ1n) is 8.42. The maximum atomic E-state index is 3.85. The van der Waals surface area contributed by atoms with Crippen LogP contribution < -0.4 is 5.32 Å². The summed E-state index contributed by atoms with van der Waals surface area (Å²) in [6.07, 6.45) is 5.66. The highest BCUT2D eigenvalue weighted by Gasteiger charge is 2.27. The average molecular weight is 268 g/mol. The Bertz CT molecular complexity index is 227. The number of hydrogen-bond acceptors (Lipinski definition) is 2. The molecule has 0 aromatic heterocycles. The Labute approximate surface area is 121 Å². The van der Waals surface area contributed by atoms with Gasteiger partial charge >= 0.3 is 0 Å². The van der Waals surface area contributed by atoms with Crippen molar-refractivity contribution in [2.75, 3.05) is 13.1 Å². The zero-order valence-corrected chi connectivity index (χ0v) is 14.1. The minimum atomic E-state index is 0.647. The lowest BCUT2D eigenvalue weighted by atomic mass is 9.78. The lowest BCUT2D eigenvalue weighted by molar-refractivity contribution is 0.158. The number of nitrogens with one attached hydrogen (secondary N) is 1. The van der Waals surface area contributed by atoms with Gasteiger partial charge in [0.05, 0.1) is 0 Å². The fourth-order valence-corrected chi connectivity index (χ4v) is 3.70. The van der Waals surface area contributed by atoms with Crippen LogP contribution in [-0.2, 0) is 0 Å². The third kappa shape index (κ3) is 5.43. The summed E-state index contributed by atoms with van der Waals surface area (Å²) in [6, 6.07) is 2.05. The number of hydrogen-bond donors (Lipinski definition) is 1. The van der Waals surface area contributed by atoms with Crippen LogP contribution in [-0.4, -0.2) is 36.1 Å². The van der Waals surface area contributed by atoms with Gasteiger partial charge in [-0.3, -0.25) is 4.90 Å². The van der Waals surface area contributed by atoms with Gasteiger partial charge in [0.15, 0.2) is 0 Å². The Morgan fingerprint density at radius 3 is 2.05 bits per heavy atom. The van der Waals surface area contributed by atoms with Gasteiger partial charge in [0.2, 0.25) is 0 Å². The van der Waals surface area contributed by atoms with Crippen molar-refractivity contribution in [2.24, 2.45) is 11.8 Å². The summed E-state index contributed by atoms with van der Waals surface area (Å²) < 4.78 is 0. The summed E-state index contributed by atoms with van der Waals surface area (Å²) in [4.78, 5) is 2.58. The van der Waals surface area contributed by atoms with Crippen molar-refractivity contribution in [2.45, 2.75) is 85.4 Å². The molecule has 0 aliphatic heterocycles. The maximum absolute atomic E-state index is 3.85. The van der Waals surface area contributed by atoms with Crippen LogP contribution in [0.4, 0.5) is 0 Å². The van der Waals surface area contributed by atoms with Gasteiger partial charge in [-0.2, -0.15) is 0 Å². The van der Waals surface area contributed by atoms with E-state index in [0.717, 1.165) is 24.4 Å². The van der Waals surface area contributed by atoms with Crippen LogP contribution in [0.3, 0.4) is 0 Å². The molecule has 114 valence electrons. The fourth-order valence-electron chi connectivity index (χ4n) is 3.70. The van der Waals surface area contributed by atoms with E-state index in [1.807, 2.05) is 0 Å². The van der Waals surface area contributed by atoms with E-state index in [4.69, 9.17) is 0 Å². The molecule has 19 heavy (non-hydrogen) atoms. The largest absolute Gasteiger partial charge is 0.312 e. The first kappa shape index (κ1) is 17.0. The van der Waals surface area contributed by atoms with Crippen LogP contribution >= 0.6 is 0 Å². The quantitative estimate of drug-likeness (QED) is 0.753. The molecule has 0 heterocycles. The first-order valence-corrected chi connectivity index (χ1v) is 8.42. The van der Waals surface area contributed by atoms with E-state index in [-0.39, 0.29) is 0 Å². The second-order valence-corrected chi connectivity index (χ2v) is 7.18. The first-order chi connectivity index (χ1) is 8.93. The highest BCUT2D eigenvalue weighted by molar-refractivity contribution is 4.83. The third-order valence-electron chi connectivity index (χ3n) is 4.78. The minimum Gasteiger partial charge on any atom is -0.312 e. The van der Waals surface area contributed by atoms with Crippen LogP contribution in [0.1, 0.15) is 67.2 Å². The lowest BCUT2D eigenvalue weighted by Gasteiger charge is -2.36. The van der Waals surface area contributed by atoms with Crippen molar-refractivity contribution >= 4 is 0 Å². The monoisotopic (exact) mass is 268 g/mol. The maximum Gasteiger partial charge on any atom is 0.0112 e. The fraction of sp³-hybridized carbons (Fsp3) is 1.00. The third-order valence-corrected chi connectivity index (χ3v) is 4.78. The van der Waals surface area contributed by atoms with Crippen molar-refractivity contribution < 1.29 is 0 Å². The Morgan fingerprint density at radius 2 is 1.53 bits per heavy atom. The second kappa shape index (κ2) is 8.26. The molecule has 1 rings (SSSR count). The SMILES string of the molecule is CC(C)C1CCCCC1NCCN(C(C)C)C(C)C. The second-order valence-electron chi connectivity index (χ2n) is 7.18. The molecule has 1 saturated carbocycles. The van der Waals surface area contributed by atoms with Crippen LogP contribution in [0, 0.1) is 11.8 Å². The zero-order chi connectivity index (χ0) is 14.4. The zero-order valence-electron chi connectivity index (χ0n) is 14.1. The van der Waals surface area contributed by atoms with Gasteiger partial charge < -0.3 is 5.32 Å². The molecule has 2 heteroatoms. The smallest absolute Gasteiger partial charge is 0.0112 e. The molecule has 1 aliphatic carbocycles. The van der Waals surface area contributed by atoms with Crippen LogP contribution in [0.15, 0.2) is 0 Å². The Morgan fingerprint density at radius 1 is 0.947 bits per heavy atom. The molecule has 1 fully saturated rings. The van der Waals surface area contributed by atoms with Gasteiger partial charge in [-0.1, -0.05) is 26.7 Å². The predicted molar refractivity (Wildman–Crippen MR) is 85.6 cm³/mol. The highest BCUT2D eigenvalue weighted by Crippen LogP contribution is 2.30. The lowest BCUT2D eigenvalue weighted by Crippen LogP contribution is -2.46. The summed E-state index contributed by atoms with van der Waals surface area (Å²) in [5.41, 5.74) is 0. The summed E-state index contributed by atoms with van der Waals surface area (Å²) >= 11 is 0. The molecule has 2 nitrogen and oxygen atoms in total. The molecular formula is C17H36N2. The van der Waals surface area contributed by atoms with Crippen molar-refractivity contribution in [3.63, 3.8) is 0 Å². The normalized spacial score (nSPS) is 24.9. The number of nitrogens with zero attached hydrogens (tertiary/aromatic N) is 1. The predicted octanol–water partition coefficient (Wildman–Crippen LogP) is 3.91. The van der Waals surface area contributed by atoms with Crippen LogP contribution in [0.2, 0.25) is 0 Å². The van der Waals surface area contributed by atoms with E-state index >= 15 is 0 Å². The van der Waals surface area contributed by atoms with E-state index in [1.54, 1.807) is 0 Å². The molecule has 1 N–H and O–H groups in total. The van der Waals surface area contributed by atoms with Gasteiger partial charge in [-0.25, -0.2) is 0 Å². The Hall–Kier alpha value is -0.0800. The summed E-state index contributed by atoms with van der Waals surface area (Å²) in [6.45, 7) is 16.3. The molecule has 0 aromatic carbocycles. The topological polar surface area (TPSA) is 15.3 Å². The van der Waals surface area contributed by atoms with Gasteiger partial charge in [0.1, 0.15) is 0 Å². The molecule has 0 amide bonds.